The second-order valence-electron chi connectivity index (χ2n) is 12.8. The van der Waals surface area contributed by atoms with Gasteiger partial charge in [-0.25, -0.2) is 4.79 Å². The quantitative estimate of drug-likeness (QED) is 0.105. The van der Waals surface area contributed by atoms with E-state index >= 15 is 0 Å². The van der Waals surface area contributed by atoms with Crippen LogP contribution >= 0.6 is 0 Å². The van der Waals surface area contributed by atoms with E-state index in [9.17, 15) is 19.8 Å². The number of carboxylic acids is 2. The van der Waals surface area contributed by atoms with E-state index in [0.29, 0.717) is 31.1 Å². The number of rotatable bonds is 23. The number of aliphatic carboxylic acids is 2. The van der Waals surface area contributed by atoms with Gasteiger partial charge >= 0.3 is 11.9 Å². The van der Waals surface area contributed by atoms with Gasteiger partial charge < -0.3 is 25.0 Å². The summed E-state index contributed by atoms with van der Waals surface area (Å²) in [4.78, 5) is 26.3. The van der Waals surface area contributed by atoms with Crippen molar-refractivity contribution >= 4 is 11.9 Å². The van der Waals surface area contributed by atoms with Gasteiger partial charge in [-0.05, 0) is 63.7 Å². The third-order valence-electron chi connectivity index (χ3n) is 9.89. The summed E-state index contributed by atoms with van der Waals surface area (Å²) in [5.74, 6) is -2.35. The van der Waals surface area contributed by atoms with E-state index in [-0.39, 0.29) is 6.42 Å². The average Bonchev–Trinajstić information content (AvgIpc) is 2.99. The van der Waals surface area contributed by atoms with Crippen molar-refractivity contribution < 1.29 is 29.3 Å². The molecule has 1 heterocycles. The fraction of sp³-hybridized carbons (Fsp3) is 0.730. The van der Waals surface area contributed by atoms with Gasteiger partial charge in [-0.2, -0.15) is 0 Å². The average molecular weight is 616 g/mol. The van der Waals surface area contributed by atoms with Gasteiger partial charge in [0.1, 0.15) is 16.7 Å². The molecule has 7 heteroatoms. The highest BCUT2D eigenvalue weighted by Crippen LogP contribution is 2.57. The van der Waals surface area contributed by atoms with Gasteiger partial charge in [0, 0.05) is 30.9 Å². The number of methoxy groups -OCH3 is 1. The normalized spacial score (nSPS) is 21.7. The molecule has 250 valence electrons. The Morgan fingerprint density at radius 1 is 0.841 bits per heavy atom. The van der Waals surface area contributed by atoms with Crippen molar-refractivity contribution in [2.75, 3.05) is 20.3 Å². The highest BCUT2D eigenvalue weighted by molar-refractivity contribution is 5.92. The SMILES string of the molecule is CCCCCCCCCCCCCCCc1cccc(OCC)c1C1C(CCOC)=C(C)NC(C)(C(=O)O)C1(CC)C(=O)O. The monoisotopic (exact) mass is 615 g/mol. The Hall–Kier alpha value is -2.54. The maximum Gasteiger partial charge on any atom is 0.330 e. The summed E-state index contributed by atoms with van der Waals surface area (Å²) < 4.78 is 11.6. The molecule has 2 rings (SSSR count). The zero-order valence-corrected chi connectivity index (χ0v) is 28.6. The van der Waals surface area contributed by atoms with Crippen LogP contribution < -0.4 is 10.1 Å². The Bertz CT molecular complexity index is 1070. The first-order valence-corrected chi connectivity index (χ1v) is 17.3. The smallest absolute Gasteiger partial charge is 0.330 e. The molecule has 7 nitrogen and oxygen atoms in total. The number of ether oxygens (including phenoxy) is 2. The maximum atomic E-state index is 13.4. The zero-order valence-electron chi connectivity index (χ0n) is 28.6. The van der Waals surface area contributed by atoms with E-state index in [2.05, 4.69) is 18.3 Å². The molecule has 1 aromatic rings. The van der Waals surface area contributed by atoms with Gasteiger partial charge in [-0.15, -0.1) is 0 Å². The van der Waals surface area contributed by atoms with Gasteiger partial charge in [0.2, 0.25) is 0 Å². The molecule has 44 heavy (non-hydrogen) atoms. The fourth-order valence-electron chi connectivity index (χ4n) is 7.37. The van der Waals surface area contributed by atoms with Crippen LogP contribution in [0.15, 0.2) is 29.5 Å². The topological polar surface area (TPSA) is 105 Å². The first-order valence-electron chi connectivity index (χ1n) is 17.3. The molecule has 0 amide bonds. The van der Waals surface area contributed by atoms with E-state index in [1.165, 1.54) is 77.6 Å². The Balaban J connectivity index is 2.31. The molecule has 0 aliphatic carbocycles. The number of allylic oxidation sites excluding steroid dienone is 1. The number of carbonyl (C=O) groups is 2. The Morgan fingerprint density at radius 2 is 1.41 bits per heavy atom. The summed E-state index contributed by atoms with van der Waals surface area (Å²) in [6, 6.07) is 5.95. The van der Waals surface area contributed by atoms with Crippen molar-refractivity contribution in [3.05, 3.63) is 40.6 Å². The third-order valence-corrected chi connectivity index (χ3v) is 9.89. The molecule has 0 saturated heterocycles. The highest BCUT2D eigenvalue weighted by Gasteiger charge is 2.65. The second-order valence-corrected chi connectivity index (χ2v) is 12.8. The largest absolute Gasteiger partial charge is 0.494 e. The van der Waals surface area contributed by atoms with Crippen molar-refractivity contribution in [2.24, 2.45) is 5.41 Å². The van der Waals surface area contributed by atoms with Gasteiger partial charge in [-0.1, -0.05) is 103 Å². The lowest BCUT2D eigenvalue weighted by molar-refractivity contribution is -0.169. The molecule has 0 aromatic heterocycles. The van der Waals surface area contributed by atoms with Gasteiger partial charge in [0.05, 0.1) is 6.61 Å². The zero-order chi connectivity index (χ0) is 32.6. The Labute approximate surface area is 267 Å². The molecule has 3 unspecified atom stereocenters. The Morgan fingerprint density at radius 3 is 1.89 bits per heavy atom. The minimum atomic E-state index is -1.73. The predicted molar refractivity (Wildman–Crippen MR) is 178 cm³/mol. The van der Waals surface area contributed by atoms with Gasteiger partial charge in [-0.3, -0.25) is 4.79 Å². The van der Waals surface area contributed by atoms with Gasteiger partial charge in [0.25, 0.3) is 0 Å². The summed E-state index contributed by atoms with van der Waals surface area (Å²) in [5, 5.41) is 24.6. The van der Waals surface area contributed by atoms with E-state index in [0.717, 1.165) is 36.0 Å². The van der Waals surface area contributed by atoms with Crippen LogP contribution in [0.2, 0.25) is 0 Å². The summed E-state index contributed by atoms with van der Waals surface area (Å²) in [6.45, 7) is 10.2. The van der Waals surface area contributed by atoms with Crippen LogP contribution in [0.1, 0.15) is 148 Å². The predicted octanol–water partition coefficient (Wildman–Crippen LogP) is 9.04. The maximum absolute atomic E-state index is 13.4. The lowest BCUT2D eigenvalue weighted by atomic mass is 9.54. The molecule has 0 saturated carbocycles. The van der Waals surface area contributed by atoms with Crippen LogP contribution in [-0.2, 0) is 20.7 Å². The number of carboxylic acid groups (broad SMARTS) is 2. The molecule has 3 atom stereocenters. The number of benzene rings is 1. The molecule has 1 aliphatic rings. The number of aryl methyl sites for hydroxylation is 1. The van der Waals surface area contributed by atoms with Gasteiger partial charge in [0.15, 0.2) is 0 Å². The summed E-state index contributed by atoms with van der Waals surface area (Å²) >= 11 is 0. The summed E-state index contributed by atoms with van der Waals surface area (Å²) in [7, 11) is 1.63. The van der Waals surface area contributed by atoms with Crippen LogP contribution in [0.25, 0.3) is 0 Å². The lowest BCUT2D eigenvalue weighted by Crippen LogP contribution is -2.68. The molecular formula is C37H61NO6. The first kappa shape index (κ1) is 37.6. The van der Waals surface area contributed by atoms with Crippen molar-refractivity contribution in [2.45, 2.75) is 149 Å². The molecular weight excluding hydrogens is 554 g/mol. The minimum Gasteiger partial charge on any atom is -0.494 e. The summed E-state index contributed by atoms with van der Waals surface area (Å²) in [5.41, 5.74) is 0.0381. The van der Waals surface area contributed by atoms with Crippen LogP contribution in [0, 0.1) is 5.41 Å². The van der Waals surface area contributed by atoms with Crippen molar-refractivity contribution in [1.82, 2.24) is 5.32 Å². The lowest BCUT2D eigenvalue weighted by Gasteiger charge is -2.53. The first-order chi connectivity index (χ1) is 21.2. The van der Waals surface area contributed by atoms with Crippen molar-refractivity contribution in [3.63, 3.8) is 0 Å². The molecule has 0 fully saturated rings. The van der Waals surface area contributed by atoms with Crippen molar-refractivity contribution in [1.29, 1.82) is 0 Å². The number of hydrogen-bond donors (Lipinski definition) is 3. The number of hydrogen-bond acceptors (Lipinski definition) is 5. The van der Waals surface area contributed by atoms with Crippen LogP contribution in [-0.4, -0.2) is 48.0 Å². The molecule has 1 aliphatic heterocycles. The number of nitrogens with one attached hydrogen (secondary N) is 1. The van der Waals surface area contributed by atoms with Crippen LogP contribution in [0.5, 0.6) is 5.75 Å². The summed E-state index contributed by atoms with van der Waals surface area (Å²) in [6.07, 6.45) is 18.0. The molecule has 0 bridgehead atoms. The highest BCUT2D eigenvalue weighted by atomic mass is 16.5. The van der Waals surface area contributed by atoms with E-state index in [1.54, 1.807) is 14.0 Å². The number of unbranched alkanes of at least 4 members (excludes halogenated alkanes) is 12. The van der Waals surface area contributed by atoms with E-state index in [4.69, 9.17) is 9.47 Å². The standard InChI is InChI=1S/C37H61NO6/c1-7-10-11-12-13-14-15-16-17-18-19-20-21-23-29-24-22-25-31(44-9-3)32(29)33-30(26-27-43-6)28(4)38-36(5,34(39)40)37(33,8-2)35(41)42/h22,24-25,33,38H,7-21,23,26-27H2,1-6H3,(H,39,40)(H,41,42). The van der Waals surface area contributed by atoms with E-state index < -0.39 is 28.8 Å². The minimum absolute atomic E-state index is 0.130. The third kappa shape index (κ3) is 9.02. The molecule has 0 radical (unpaired) electrons. The fourth-order valence-corrected chi connectivity index (χ4v) is 7.37. The molecule has 3 N–H and O–H groups in total. The Kier molecular flexibility index (Phi) is 16.3. The van der Waals surface area contributed by atoms with E-state index in [1.807, 2.05) is 26.0 Å². The molecule has 0 spiro atoms. The molecule has 1 aromatic carbocycles. The van der Waals surface area contributed by atoms with Crippen molar-refractivity contribution in [3.8, 4) is 5.75 Å². The van der Waals surface area contributed by atoms with Crippen LogP contribution in [0.4, 0.5) is 0 Å². The second kappa shape index (κ2) is 19.1. The van der Waals surface area contributed by atoms with Crippen LogP contribution in [0.3, 0.4) is 0 Å².